The average molecular weight is 437 g/mol. The molecular formula is C27H24N4O2. The molecule has 1 aliphatic heterocycles. The van der Waals surface area contributed by atoms with Gasteiger partial charge < -0.3 is 10.2 Å². The Kier molecular flexibility index (Phi) is 5.26. The third kappa shape index (κ3) is 3.80. The number of amides is 3. The summed E-state index contributed by atoms with van der Waals surface area (Å²) in [7, 11) is 1.80. The maximum atomic E-state index is 13.1. The summed E-state index contributed by atoms with van der Waals surface area (Å²) < 4.78 is 0. The van der Waals surface area contributed by atoms with E-state index in [0.717, 1.165) is 27.8 Å². The van der Waals surface area contributed by atoms with Crippen LogP contribution in [0.4, 0.5) is 16.2 Å². The molecule has 164 valence electrons. The SMILES string of the molecule is Cc1cnc2c(NC(=O)c3cccc(-c4ccccc4)c3)cccc2c1N1CCN(C)C1=O. The molecule has 0 bridgehead atoms. The van der Waals surface area contributed by atoms with Crippen LogP contribution < -0.4 is 10.2 Å². The molecule has 3 amide bonds. The second-order valence-corrected chi connectivity index (χ2v) is 8.25. The second kappa shape index (κ2) is 8.39. The summed E-state index contributed by atoms with van der Waals surface area (Å²) in [4.78, 5) is 33.9. The fourth-order valence-electron chi connectivity index (χ4n) is 4.29. The highest BCUT2D eigenvalue weighted by Gasteiger charge is 2.29. The van der Waals surface area contributed by atoms with E-state index in [1.165, 1.54) is 0 Å². The molecule has 0 atom stereocenters. The Bertz CT molecular complexity index is 1370. The van der Waals surface area contributed by atoms with Crippen LogP contribution in [0, 0.1) is 6.92 Å². The zero-order valence-corrected chi connectivity index (χ0v) is 18.6. The van der Waals surface area contributed by atoms with Crippen LogP contribution in [-0.4, -0.2) is 42.0 Å². The smallest absolute Gasteiger partial charge is 0.324 e. The Balaban J connectivity index is 1.50. The summed E-state index contributed by atoms with van der Waals surface area (Å²) in [5.41, 5.74) is 5.64. The maximum absolute atomic E-state index is 13.1. The van der Waals surface area contributed by atoms with E-state index in [1.54, 1.807) is 29.1 Å². The molecule has 0 radical (unpaired) electrons. The van der Waals surface area contributed by atoms with Crippen LogP contribution in [0.5, 0.6) is 0 Å². The molecule has 5 rings (SSSR count). The quantitative estimate of drug-likeness (QED) is 0.470. The number of carbonyl (C=O) groups excluding carboxylic acids is 2. The summed E-state index contributed by atoms with van der Waals surface area (Å²) in [6, 6.07) is 23.2. The molecular weight excluding hydrogens is 412 g/mol. The van der Waals surface area contributed by atoms with Crippen LogP contribution in [0.3, 0.4) is 0 Å². The van der Waals surface area contributed by atoms with Crippen LogP contribution in [0.2, 0.25) is 0 Å². The molecule has 1 saturated heterocycles. The van der Waals surface area contributed by atoms with Gasteiger partial charge in [-0.3, -0.25) is 14.7 Å². The normalized spacial score (nSPS) is 13.6. The van der Waals surface area contributed by atoms with E-state index in [4.69, 9.17) is 0 Å². The van der Waals surface area contributed by atoms with Gasteiger partial charge in [0.1, 0.15) is 0 Å². The summed E-state index contributed by atoms with van der Waals surface area (Å²) in [5, 5.41) is 3.86. The van der Waals surface area contributed by atoms with E-state index in [0.29, 0.717) is 29.9 Å². The van der Waals surface area contributed by atoms with E-state index in [-0.39, 0.29) is 11.9 Å². The van der Waals surface area contributed by atoms with E-state index >= 15 is 0 Å². The van der Waals surface area contributed by atoms with Crippen LogP contribution in [0.1, 0.15) is 15.9 Å². The summed E-state index contributed by atoms with van der Waals surface area (Å²) in [6.07, 6.45) is 1.76. The number of pyridine rings is 1. The first kappa shape index (κ1) is 20.7. The van der Waals surface area contributed by atoms with Gasteiger partial charge in [0, 0.05) is 37.3 Å². The molecule has 6 heteroatoms. The molecule has 6 nitrogen and oxygen atoms in total. The van der Waals surface area contributed by atoms with E-state index in [9.17, 15) is 9.59 Å². The maximum Gasteiger partial charge on any atom is 0.324 e. The largest absolute Gasteiger partial charge is 0.326 e. The number of para-hydroxylation sites is 1. The molecule has 1 aliphatic rings. The first-order valence-electron chi connectivity index (χ1n) is 10.9. The molecule has 3 aromatic carbocycles. The number of benzene rings is 3. The number of nitrogens with one attached hydrogen (secondary N) is 1. The molecule has 0 unspecified atom stereocenters. The number of urea groups is 1. The fourth-order valence-corrected chi connectivity index (χ4v) is 4.29. The first-order chi connectivity index (χ1) is 16.0. The van der Waals surface area contributed by atoms with Gasteiger partial charge in [-0.1, -0.05) is 54.6 Å². The minimum absolute atomic E-state index is 0.0298. The lowest BCUT2D eigenvalue weighted by Gasteiger charge is -2.21. The van der Waals surface area contributed by atoms with Crippen molar-refractivity contribution in [2.45, 2.75) is 6.92 Å². The van der Waals surface area contributed by atoms with Crippen molar-refractivity contribution in [1.29, 1.82) is 0 Å². The molecule has 0 spiro atoms. The van der Waals surface area contributed by atoms with Crippen molar-refractivity contribution in [2.75, 3.05) is 30.4 Å². The molecule has 2 heterocycles. The van der Waals surface area contributed by atoms with Gasteiger partial charge in [-0.15, -0.1) is 0 Å². The van der Waals surface area contributed by atoms with Crippen LogP contribution in [0.25, 0.3) is 22.0 Å². The number of aryl methyl sites for hydroxylation is 1. The first-order valence-corrected chi connectivity index (χ1v) is 10.9. The highest BCUT2D eigenvalue weighted by atomic mass is 16.2. The number of rotatable bonds is 4. The lowest BCUT2D eigenvalue weighted by molar-refractivity contribution is 0.102. The van der Waals surface area contributed by atoms with Crippen molar-refractivity contribution in [1.82, 2.24) is 9.88 Å². The number of likely N-dealkylation sites (N-methyl/N-ethyl adjacent to an activating group) is 1. The lowest BCUT2D eigenvalue weighted by Crippen LogP contribution is -2.30. The molecule has 33 heavy (non-hydrogen) atoms. The van der Waals surface area contributed by atoms with Crippen molar-refractivity contribution >= 4 is 34.2 Å². The molecule has 1 aromatic heterocycles. The zero-order chi connectivity index (χ0) is 22.9. The topological polar surface area (TPSA) is 65.5 Å². The van der Waals surface area contributed by atoms with Gasteiger partial charge in [0.2, 0.25) is 0 Å². The molecule has 1 fully saturated rings. The lowest BCUT2D eigenvalue weighted by atomic mass is 10.0. The van der Waals surface area contributed by atoms with Crippen molar-refractivity contribution in [3.05, 3.63) is 90.1 Å². The van der Waals surface area contributed by atoms with Gasteiger partial charge in [-0.25, -0.2) is 4.79 Å². The Hall–Kier alpha value is -4.19. The number of aromatic nitrogens is 1. The monoisotopic (exact) mass is 436 g/mol. The number of carbonyl (C=O) groups is 2. The molecule has 0 saturated carbocycles. The number of nitrogens with zero attached hydrogens (tertiary/aromatic N) is 3. The molecule has 4 aromatic rings. The number of fused-ring (bicyclic) bond motifs is 1. The third-order valence-corrected chi connectivity index (χ3v) is 6.02. The van der Waals surface area contributed by atoms with Gasteiger partial charge >= 0.3 is 6.03 Å². The Morgan fingerprint density at radius 1 is 0.939 bits per heavy atom. The Morgan fingerprint density at radius 3 is 2.45 bits per heavy atom. The average Bonchev–Trinajstić information content (AvgIpc) is 3.17. The third-order valence-electron chi connectivity index (χ3n) is 6.02. The van der Waals surface area contributed by atoms with E-state index < -0.39 is 0 Å². The Morgan fingerprint density at radius 2 is 1.70 bits per heavy atom. The van der Waals surface area contributed by atoms with Gasteiger partial charge in [0.15, 0.2) is 0 Å². The van der Waals surface area contributed by atoms with Gasteiger partial charge in [0.05, 0.1) is 16.9 Å². The molecule has 0 aliphatic carbocycles. The highest BCUT2D eigenvalue weighted by Crippen LogP contribution is 2.34. The van der Waals surface area contributed by atoms with Gasteiger partial charge in [-0.05, 0) is 41.8 Å². The molecule has 1 N–H and O–H groups in total. The van der Waals surface area contributed by atoms with Crippen LogP contribution >= 0.6 is 0 Å². The van der Waals surface area contributed by atoms with Crippen LogP contribution in [0.15, 0.2) is 79.0 Å². The summed E-state index contributed by atoms with van der Waals surface area (Å²) in [5.74, 6) is -0.207. The number of hydrogen-bond acceptors (Lipinski definition) is 3. The van der Waals surface area contributed by atoms with Crippen molar-refractivity contribution in [3.8, 4) is 11.1 Å². The van der Waals surface area contributed by atoms with Crippen molar-refractivity contribution in [2.24, 2.45) is 0 Å². The minimum Gasteiger partial charge on any atom is -0.326 e. The number of hydrogen-bond donors (Lipinski definition) is 1. The van der Waals surface area contributed by atoms with E-state index in [2.05, 4.69) is 10.3 Å². The fraction of sp³-hybridized carbons (Fsp3) is 0.148. The van der Waals surface area contributed by atoms with E-state index in [1.807, 2.05) is 73.7 Å². The number of anilines is 2. The highest BCUT2D eigenvalue weighted by molar-refractivity contribution is 6.12. The van der Waals surface area contributed by atoms with Crippen molar-refractivity contribution < 1.29 is 9.59 Å². The summed E-state index contributed by atoms with van der Waals surface area (Å²) in [6.45, 7) is 3.25. The van der Waals surface area contributed by atoms with Crippen LogP contribution in [-0.2, 0) is 0 Å². The minimum atomic E-state index is -0.207. The summed E-state index contributed by atoms with van der Waals surface area (Å²) >= 11 is 0. The predicted molar refractivity (Wildman–Crippen MR) is 132 cm³/mol. The van der Waals surface area contributed by atoms with Crippen molar-refractivity contribution in [3.63, 3.8) is 0 Å². The predicted octanol–water partition coefficient (Wildman–Crippen LogP) is 5.33. The standard InChI is InChI=1S/C27H24N4O2/c1-18-17-28-24-22(25(18)31-15-14-30(2)27(31)33)12-7-13-23(24)29-26(32)21-11-6-10-20(16-21)19-8-4-3-5-9-19/h3-13,16-17H,14-15H2,1-2H3,(H,29,32). The van der Waals surface area contributed by atoms with Gasteiger partial charge in [0.25, 0.3) is 5.91 Å². The second-order valence-electron chi connectivity index (χ2n) is 8.25. The van der Waals surface area contributed by atoms with Gasteiger partial charge in [-0.2, -0.15) is 0 Å². The zero-order valence-electron chi connectivity index (χ0n) is 18.6. The Labute approximate surface area is 192 Å².